The van der Waals surface area contributed by atoms with Crippen LogP contribution in [-0.2, 0) is 0 Å². The van der Waals surface area contributed by atoms with Gasteiger partial charge in [0, 0.05) is 24.1 Å². The second-order valence-electron chi connectivity index (χ2n) is 6.86. The molecule has 0 spiro atoms. The Morgan fingerprint density at radius 2 is 1.78 bits per heavy atom. The average Bonchev–Trinajstić information content (AvgIpc) is 3.47. The van der Waals surface area contributed by atoms with Gasteiger partial charge in [0.2, 0.25) is 5.76 Å². The van der Waals surface area contributed by atoms with Gasteiger partial charge in [0.1, 0.15) is 10.7 Å². The Morgan fingerprint density at radius 1 is 1.06 bits per heavy atom. The highest BCUT2D eigenvalue weighted by atomic mass is 16.6. The van der Waals surface area contributed by atoms with Gasteiger partial charge in [0.15, 0.2) is 0 Å². The first kappa shape index (κ1) is 20.7. The summed E-state index contributed by atoms with van der Waals surface area (Å²) >= 11 is 0. The topological polar surface area (TPSA) is 141 Å². The van der Waals surface area contributed by atoms with Crippen molar-refractivity contribution in [3.8, 4) is 5.75 Å². The summed E-state index contributed by atoms with van der Waals surface area (Å²) in [7, 11) is 1.52. The van der Waals surface area contributed by atoms with Crippen LogP contribution in [0.15, 0.2) is 70.2 Å². The number of nitrogens with zero attached hydrogens (tertiary/aromatic N) is 4. The molecule has 4 rings (SSSR count). The molecule has 11 nitrogen and oxygen atoms in total. The molecule has 1 aliphatic rings. The lowest BCUT2D eigenvalue weighted by molar-refractivity contribution is -0.402. The Labute approximate surface area is 180 Å². The number of para-hydroxylation sites is 1. The van der Waals surface area contributed by atoms with Crippen LogP contribution in [0.5, 0.6) is 5.75 Å². The molecule has 32 heavy (non-hydrogen) atoms. The quantitative estimate of drug-likeness (QED) is 0.418. The van der Waals surface area contributed by atoms with E-state index < -0.39 is 27.7 Å². The second kappa shape index (κ2) is 8.30. The van der Waals surface area contributed by atoms with E-state index >= 15 is 0 Å². The van der Waals surface area contributed by atoms with E-state index in [9.17, 15) is 25.0 Å². The lowest BCUT2D eigenvalue weighted by Crippen LogP contribution is -2.26. The summed E-state index contributed by atoms with van der Waals surface area (Å²) < 4.78 is 10.5. The number of nitro groups is 2. The molecule has 0 saturated heterocycles. The summed E-state index contributed by atoms with van der Waals surface area (Å²) in [5, 5.41) is 27.6. The van der Waals surface area contributed by atoms with Crippen molar-refractivity contribution < 1.29 is 23.8 Å². The van der Waals surface area contributed by atoms with E-state index in [2.05, 4.69) is 5.10 Å². The predicted molar refractivity (Wildman–Crippen MR) is 112 cm³/mol. The number of non-ortho nitro benzene ring substituents is 1. The first-order valence-corrected chi connectivity index (χ1v) is 9.42. The van der Waals surface area contributed by atoms with Crippen LogP contribution in [-0.4, -0.2) is 33.6 Å². The third-order valence-corrected chi connectivity index (χ3v) is 5.01. The molecule has 0 saturated carbocycles. The lowest BCUT2D eigenvalue weighted by atomic mass is 9.97. The number of furan rings is 1. The highest BCUT2D eigenvalue weighted by molar-refractivity contribution is 6.06. The fourth-order valence-electron chi connectivity index (χ4n) is 3.47. The van der Waals surface area contributed by atoms with Crippen LogP contribution < -0.4 is 4.74 Å². The Morgan fingerprint density at radius 3 is 2.41 bits per heavy atom. The number of carbonyl (C=O) groups is 1. The van der Waals surface area contributed by atoms with Crippen molar-refractivity contribution in [1.29, 1.82) is 0 Å². The first-order chi connectivity index (χ1) is 15.4. The monoisotopic (exact) mass is 436 g/mol. The lowest BCUT2D eigenvalue weighted by Gasteiger charge is -2.20. The molecular weight excluding hydrogens is 420 g/mol. The van der Waals surface area contributed by atoms with Crippen LogP contribution in [0.2, 0.25) is 0 Å². The van der Waals surface area contributed by atoms with Crippen LogP contribution in [0.4, 0.5) is 11.6 Å². The molecule has 1 aliphatic heterocycles. The fraction of sp³-hybridized carbons (Fsp3) is 0.143. The highest BCUT2D eigenvalue weighted by Crippen LogP contribution is 2.36. The number of hydrogen-bond acceptors (Lipinski definition) is 8. The van der Waals surface area contributed by atoms with Gasteiger partial charge in [-0.05, 0) is 23.8 Å². The van der Waals surface area contributed by atoms with Gasteiger partial charge in [-0.1, -0.05) is 24.3 Å². The van der Waals surface area contributed by atoms with E-state index in [1.807, 2.05) is 6.07 Å². The summed E-state index contributed by atoms with van der Waals surface area (Å²) in [4.78, 5) is 33.8. The zero-order valence-corrected chi connectivity index (χ0v) is 16.7. The number of carbonyl (C=O) groups excluding carboxylic acids is 1. The van der Waals surface area contributed by atoms with Gasteiger partial charge in [-0.3, -0.25) is 25.0 Å². The largest absolute Gasteiger partial charge is 0.496 e. The fourth-order valence-corrected chi connectivity index (χ4v) is 3.47. The van der Waals surface area contributed by atoms with E-state index in [-0.39, 0.29) is 11.4 Å². The second-order valence-corrected chi connectivity index (χ2v) is 6.86. The molecule has 1 atom stereocenters. The molecule has 1 unspecified atom stereocenters. The van der Waals surface area contributed by atoms with Gasteiger partial charge in [-0.2, -0.15) is 5.10 Å². The number of ether oxygens (including phenoxy) is 1. The summed E-state index contributed by atoms with van der Waals surface area (Å²) in [5.74, 6) is -0.912. The molecule has 0 bridgehead atoms. The molecular formula is C21H16N4O7. The van der Waals surface area contributed by atoms with Crippen LogP contribution in [0.25, 0.3) is 0 Å². The zero-order valence-electron chi connectivity index (χ0n) is 16.7. The number of methoxy groups -OCH3 is 1. The number of rotatable bonds is 6. The Bertz CT molecular complexity index is 1230. The normalized spacial score (nSPS) is 15.3. The van der Waals surface area contributed by atoms with Crippen molar-refractivity contribution in [3.05, 3.63) is 97.8 Å². The van der Waals surface area contributed by atoms with E-state index in [4.69, 9.17) is 9.15 Å². The van der Waals surface area contributed by atoms with Crippen LogP contribution in [0.3, 0.4) is 0 Å². The molecule has 1 aromatic heterocycles. The third-order valence-electron chi connectivity index (χ3n) is 5.01. The Balaban J connectivity index is 1.74. The van der Waals surface area contributed by atoms with Crippen molar-refractivity contribution in [2.24, 2.45) is 5.10 Å². The predicted octanol–water partition coefficient (Wildman–Crippen LogP) is 4.10. The summed E-state index contributed by atoms with van der Waals surface area (Å²) in [6.45, 7) is 0. The van der Waals surface area contributed by atoms with E-state index in [0.29, 0.717) is 29.0 Å². The molecule has 0 radical (unpaired) electrons. The summed E-state index contributed by atoms with van der Waals surface area (Å²) in [6, 6.07) is 14.7. The molecule has 3 aromatic rings. The Hall–Kier alpha value is -4.54. The van der Waals surface area contributed by atoms with Crippen LogP contribution in [0, 0.1) is 20.2 Å². The minimum absolute atomic E-state index is 0.0860. The number of hydrogen-bond donors (Lipinski definition) is 0. The SMILES string of the molecule is COc1ccccc1C1=NN(C(=O)c2ccc([N+](=O)[O-])o2)C(c2ccc([N+](=O)[O-])cc2)C1. The van der Waals surface area contributed by atoms with E-state index in [0.717, 1.165) is 6.07 Å². The molecule has 2 heterocycles. The van der Waals surface area contributed by atoms with Gasteiger partial charge in [0.25, 0.3) is 5.69 Å². The van der Waals surface area contributed by atoms with Crippen LogP contribution in [0.1, 0.15) is 34.1 Å². The van der Waals surface area contributed by atoms with Crippen LogP contribution >= 0.6 is 0 Å². The maximum absolute atomic E-state index is 13.1. The molecule has 1 amide bonds. The average molecular weight is 436 g/mol. The standard InChI is InChI=1S/C21H16N4O7/c1-31-18-5-3-2-4-15(18)16-12-17(13-6-8-14(9-7-13)24(27)28)23(22-16)21(26)19-10-11-20(32-19)25(29)30/h2-11,17H,12H2,1H3. The molecule has 11 heteroatoms. The zero-order chi connectivity index (χ0) is 22.8. The number of nitro benzene ring substituents is 1. The van der Waals surface area contributed by atoms with Gasteiger partial charge >= 0.3 is 11.8 Å². The van der Waals surface area contributed by atoms with E-state index in [1.54, 1.807) is 30.3 Å². The minimum atomic E-state index is -0.738. The number of amides is 1. The van der Waals surface area contributed by atoms with Gasteiger partial charge < -0.3 is 9.15 Å². The van der Waals surface area contributed by atoms with Gasteiger partial charge in [0.05, 0.1) is 29.9 Å². The molecule has 0 aliphatic carbocycles. The maximum atomic E-state index is 13.1. The minimum Gasteiger partial charge on any atom is -0.496 e. The number of hydrazone groups is 1. The van der Waals surface area contributed by atoms with Crippen molar-refractivity contribution in [3.63, 3.8) is 0 Å². The molecule has 2 aromatic carbocycles. The molecule has 162 valence electrons. The van der Waals surface area contributed by atoms with Crippen molar-refractivity contribution in [1.82, 2.24) is 5.01 Å². The first-order valence-electron chi connectivity index (χ1n) is 9.42. The van der Waals surface area contributed by atoms with Crippen molar-refractivity contribution in [2.75, 3.05) is 7.11 Å². The highest BCUT2D eigenvalue weighted by Gasteiger charge is 2.36. The number of benzene rings is 2. The smallest absolute Gasteiger partial charge is 0.433 e. The van der Waals surface area contributed by atoms with Crippen molar-refractivity contribution >= 4 is 23.2 Å². The molecule has 0 N–H and O–H groups in total. The van der Waals surface area contributed by atoms with Gasteiger partial charge in [-0.25, -0.2) is 5.01 Å². The third kappa shape index (κ3) is 3.78. The Kier molecular flexibility index (Phi) is 5.37. The summed E-state index contributed by atoms with van der Waals surface area (Å²) in [6.07, 6.45) is 0.298. The van der Waals surface area contributed by atoms with Crippen molar-refractivity contribution in [2.45, 2.75) is 12.5 Å². The maximum Gasteiger partial charge on any atom is 0.433 e. The molecule has 0 fully saturated rings. The van der Waals surface area contributed by atoms with E-state index in [1.165, 1.54) is 30.3 Å². The summed E-state index contributed by atoms with van der Waals surface area (Å²) in [5.41, 5.74) is 1.76. The van der Waals surface area contributed by atoms with Gasteiger partial charge in [-0.15, -0.1) is 0 Å².